The molecule has 0 atom stereocenters. The number of carbonyl (C=O) groups excluding carboxylic acids is 1. The summed E-state index contributed by atoms with van der Waals surface area (Å²) in [4.78, 5) is 18.4. The molecule has 0 radical (unpaired) electrons. The SMILES string of the molecule is Nc1c(Cl)cc(C(=O)OCC2CC[NH+](Cc3cccnc3)CC2)c2c1OCCO2. The lowest BCUT2D eigenvalue weighted by Gasteiger charge is -2.29. The van der Waals surface area contributed by atoms with Gasteiger partial charge in [-0.2, -0.15) is 0 Å². The second kappa shape index (κ2) is 8.88. The van der Waals surface area contributed by atoms with Crippen LogP contribution < -0.4 is 20.1 Å². The number of quaternary nitrogens is 1. The number of rotatable bonds is 5. The second-order valence-electron chi connectivity index (χ2n) is 7.50. The lowest BCUT2D eigenvalue weighted by Crippen LogP contribution is -3.11. The summed E-state index contributed by atoms with van der Waals surface area (Å²) in [5.74, 6) is 0.537. The van der Waals surface area contributed by atoms with Gasteiger partial charge in [0, 0.05) is 36.7 Å². The lowest BCUT2D eigenvalue weighted by atomic mass is 9.97. The van der Waals surface area contributed by atoms with Crippen molar-refractivity contribution >= 4 is 23.3 Å². The number of nitrogens with one attached hydrogen (secondary N) is 1. The van der Waals surface area contributed by atoms with Gasteiger partial charge in [-0.25, -0.2) is 4.79 Å². The van der Waals surface area contributed by atoms with Crippen molar-refractivity contribution < 1.29 is 23.9 Å². The third kappa shape index (κ3) is 4.57. The van der Waals surface area contributed by atoms with Gasteiger partial charge in [0.15, 0.2) is 11.5 Å². The van der Waals surface area contributed by atoms with Gasteiger partial charge in [0.1, 0.15) is 25.3 Å². The van der Waals surface area contributed by atoms with Gasteiger partial charge in [-0.05, 0) is 12.1 Å². The molecule has 2 aliphatic heterocycles. The van der Waals surface area contributed by atoms with E-state index >= 15 is 0 Å². The van der Waals surface area contributed by atoms with Crippen molar-refractivity contribution in [3.63, 3.8) is 0 Å². The van der Waals surface area contributed by atoms with Crippen molar-refractivity contribution in [1.82, 2.24) is 4.98 Å². The molecule has 0 spiro atoms. The van der Waals surface area contributed by atoms with Crippen LogP contribution in [0.5, 0.6) is 11.5 Å². The van der Waals surface area contributed by atoms with Crippen molar-refractivity contribution in [2.45, 2.75) is 19.4 Å². The van der Waals surface area contributed by atoms with E-state index in [-0.39, 0.29) is 16.3 Å². The number of fused-ring (bicyclic) bond motifs is 1. The zero-order chi connectivity index (χ0) is 20.2. The van der Waals surface area contributed by atoms with Crippen LogP contribution >= 0.6 is 11.6 Å². The van der Waals surface area contributed by atoms with E-state index < -0.39 is 5.97 Å². The summed E-state index contributed by atoms with van der Waals surface area (Å²) >= 11 is 6.15. The summed E-state index contributed by atoms with van der Waals surface area (Å²) in [6.45, 7) is 4.19. The molecule has 0 bridgehead atoms. The highest BCUT2D eigenvalue weighted by atomic mass is 35.5. The molecule has 3 N–H and O–H groups in total. The number of nitrogen functional groups attached to an aromatic ring is 1. The summed E-state index contributed by atoms with van der Waals surface area (Å²) in [6, 6.07) is 5.57. The van der Waals surface area contributed by atoms with Crippen molar-refractivity contribution in [2.75, 3.05) is 38.6 Å². The van der Waals surface area contributed by atoms with Gasteiger partial charge in [-0.15, -0.1) is 0 Å². The number of pyridine rings is 1. The number of aromatic nitrogens is 1. The maximum atomic E-state index is 12.7. The third-order valence-electron chi connectivity index (χ3n) is 5.46. The van der Waals surface area contributed by atoms with Crippen LogP contribution in [0.15, 0.2) is 30.6 Å². The molecule has 8 heteroatoms. The number of likely N-dealkylation sites (tertiary alicyclic amines) is 1. The van der Waals surface area contributed by atoms with E-state index in [1.54, 1.807) is 6.20 Å². The van der Waals surface area contributed by atoms with Crippen LogP contribution in [-0.2, 0) is 11.3 Å². The number of hydrogen-bond acceptors (Lipinski definition) is 6. The highest BCUT2D eigenvalue weighted by molar-refractivity contribution is 6.34. The molecule has 4 rings (SSSR count). The largest absolute Gasteiger partial charge is 0.485 e. The highest BCUT2D eigenvalue weighted by Crippen LogP contribution is 2.43. The molecule has 2 aromatic rings. The Labute approximate surface area is 174 Å². The van der Waals surface area contributed by atoms with Crippen molar-refractivity contribution in [1.29, 1.82) is 0 Å². The van der Waals surface area contributed by atoms with Gasteiger partial charge in [0.2, 0.25) is 0 Å². The van der Waals surface area contributed by atoms with Crippen LogP contribution in [-0.4, -0.2) is 43.9 Å². The summed E-state index contributed by atoms with van der Waals surface area (Å²) < 4.78 is 16.7. The van der Waals surface area contributed by atoms with Gasteiger partial charge in [0.05, 0.1) is 30.4 Å². The number of hydrogen-bond donors (Lipinski definition) is 2. The molecule has 0 unspecified atom stereocenters. The molecule has 154 valence electrons. The maximum absolute atomic E-state index is 12.7. The quantitative estimate of drug-likeness (QED) is 0.568. The van der Waals surface area contributed by atoms with E-state index in [4.69, 9.17) is 31.5 Å². The highest BCUT2D eigenvalue weighted by Gasteiger charge is 2.28. The molecule has 29 heavy (non-hydrogen) atoms. The van der Waals surface area contributed by atoms with Gasteiger partial charge in [-0.1, -0.05) is 17.7 Å². The summed E-state index contributed by atoms with van der Waals surface area (Å²) in [7, 11) is 0. The van der Waals surface area contributed by atoms with Gasteiger partial charge < -0.3 is 24.8 Å². The van der Waals surface area contributed by atoms with Gasteiger partial charge >= 0.3 is 5.97 Å². The van der Waals surface area contributed by atoms with E-state index in [1.165, 1.54) is 16.5 Å². The van der Waals surface area contributed by atoms with Crippen LogP contribution in [0.3, 0.4) is 0 Å². The first-order valence-corrected chi connectivity index (χ1v) is 10.3. The zero-order valence-corrected chi connectivity index (χ0v) is 16.9. The molecule has 1 fully saturated rings. The standard InChI is InChI=1S/C21H24ClN3O4/c22-17-10-16(19-20(18(17)23)28-9-8-27-19)21(26)29-13-14-3-6-25(7-4-14)12-15-2-1-5-24-11-15/h1-2,5,10-11,14H,3-4,6-9,12-13,23H2/p+1. The molecule has 0 saturated carbocycles. The molecule has 7 nitrogen and oxygen atoms in total. The second-order valence-corrected chi connectivity index (χ2v) is 7.91. The Morgan fingerprint density at radius 2 is 2.03 bits per heavy atom. The van der Waals surface area contributed by atoms with Crippen LogP contribution in [0.1, 0.15) is 28.8 Å². The number of nitrogens with zero attached hydrogens (tertiary/aromatic N) is 1. The summed E-state index contributed by atoms with van der Waals surface area (Å²) in [6.07, 6.45) is 5.75. The van der Waals surface area contributed by atoms with E-state index in [0.29, 0.717) is 37.2 Å². The molecule has 1 saturated heterocycles. The van der Waals surface area contributed by atoms with Crippen LogP contribution in [0.25, 0.3) is 0 Å². The topological polar surface area (TPSA) is 88.1 Å². The average molecular weight is 419 g/mol. The fourth-order valence-electron chi connectivity index (χ4n) is 3.84. The molecule has 2 aliphatic rings. The Morgan fingerprint density at radius 1 is 1.28 bits per heavy atom. The number of piperidine rings is 1. The molecule has 0 aliphatic carbocycles. The van der Waals surface area contributed by atoms with Crippen LogP contribution in [0.2, 0.25) is 5.02 Å². The Hall–Kier alpha value is -2.51. The minimum Gasteiger partial charge on any atom is -0.485 e. The number of esters is 1. The molecular formula is C21H25ClN3O4+. The molecule has 3 heterocycles. The fourth-order valence-corrected chi connectivity index (χ4v) is 4.04. The predicted octanol–water partition coefficient (Wildman–Crippen LogP) is 1.74. The summed E-state index contributed by atoms with van der Waals surface area (Å²) in [5.41, 5.74) is 7.73. The number of halogens is 1. The smallest absolute Gasteiger partial charge is 0.342 e. The van der Waals surface area contributed by atoms with E-state index in [2.05, 4.69) is 11.1 Å². The van der Waals surface area contributed by atoms with Crippen molar-refractivity contribution in [3.05, 3.63) is 46.7 Å². The molecule has 0 amide bonds. The number of nitrogens with two attached hydrogens (primary N) is 1. The monoisotopic (exact) mass is 418 g/mol. The predicted molar refractivity (Wildman–Crippen MR) is 108 cm³/mol. The van der Waals surface area contributed by atoms with Crippen LogP contribution in [0.4, 0.5) is 5.69 Å². The molecule has 1 aromatic heterocycles. The first-order valence-electron chi connectivity index (χ1n) is 9.89. The van der Waals surface area contributed by atoms with E-state index in [1.807, 2.05) is 12.3 Å². The average Bonchev–Trinajstić information content (AvgIpc) is 2.76. The van der Waals surface area contributed by atoms with E-state index in [0.717, 1.165) is 32.5 Å². The first-order chi connectivity index (χ1) is 14.1. The lowest BCUT2D eigenvalue weighted by molar-refractivity contribution is -0.919. The van der Waals surface area contributed by atoms with Gasteiger partial charge in [-0.3, -0.25) is 4.98 Å². The Morgan fingerprint density at radius 3 is 2.76 bits per heavy atom. The normalized spacial score (nSPS) is 20.9. The minimum atomic E-state index is -0.459. The van der Waals surface area contributed by atoms with Crippen LogP contribution in [0, 0.1) is 5.92 Å². The molecule has 1 aromatic carbocycles. The fraction of sp³-hybridized carbons (Fsp3) is 0.429. The Kier molecular flexibility index (Phi) is 6.06. The Bertz CT molecular complexity index is 870. The number of carbonyl (C=O) groups is 1. The zero-order valence-electron chi connectivity index (χ0n) is 16.2. The number of benzene rings is 1. The first kappa shape index (κ1) is 19.8. The molecular weight excluding hydrogens is 394 g/mol. The van der Waals surface area contributed by atoms with Gasteiger partial charge in [0.25, 0.3) is 0 Å². The van der Waals surface area contributed by atoms with E-state index in [9.17, 15) is 4.79 Å². The summed E-state index contributed by atoms with van der Waals surface area (Å²) in [5, 5.41) is 0.258. The number of anilines is 1. The minimum absolute atomic E-state index is 0.258. The Balaban J connectivity index is 1.31. The number of ether oxygens (including phenoxy) is 3. The maximum Gasteiger partial charge on any atom is 0.342 e. The van der Waals surface area contributed by atoms with Crippen molar-refractivity contribution in [2.24, 2.45) is 5.92 Å². The van der Waals surface area contributed by atoms with Crippen molar-refractivity contribution in [3.8, 4) is 11.5 Å². The third-order valence-corrected chi connectivity index (χ3v) is 5.77.